The predicted octanol–water partition coefficient (Wildman–Crippen LogP) is 5.12. The third kappa shape index (κ3) is 4.50. The molecular weight excluding hydrogens is 408 g/mol. The van der Waals surface area contributed by atoms with Crippen LogP contribution in [-0.2, 0) is 16.6 Å². The molecule has 0 amide bonds. The molecule has 0 saturated heterocycles. The van der Waals surface area contributed by atoms with E-state index in [2.05, 4.69) is 4.99 Å². The van der Waals surface area contributed by atoms with Gasteiger partial charge in [-0.2, -0.15) is 4.31 Å². The van der Waals surface area contributed by atoms with E-state index in [-0.39, 0.29) is 10.6 Å². The second kappa shape index (κ2) is 8.71. The van der Waals surface area contributed by atoms with Crippen LogP contribution in [0.15, 0.2) is 101 Å². The number of nitrogens with zero attached hydrogens (tertiary/aromatic N) is 2. The van der Waals surface area contributed by atoms with Crippen LogP contribution in [0.1, 0.15) is 11.1 Å². The fourth-order valence-electron chi connectivity index (χ4n) is 3.37. The summed E-state index contributed by atoms with van der Waals surface area (Å²) in [7, 11) is -2.05. The van der Waals surface area contributed by atoms with Gasteiger partial charge in [-0.05, 0) is 46.7 Å². The van der Waals surface area contributed by atoms with Crippen LogP contribution in [0.5, 0.6) is 5.75 Å². The molecule has 0 saturated carbocycles. The maximum absolute atomic E-state index is 12.9. The normalized spacial score (nSPS) is 12.1. The van der Waals surface area contributed by atoms with Gasteiger partial charge in [-0.15, -0.1) is 0 Å². The van der Waals surface area contributed by atoms with Crippen LogP contribution < -0.4 is 0 Å². The standard InChI is InChI=1S/C25H22N2O3S/c1-27(18-19-7-3-2-4-8-19)31(29,30)22-14-12-21(13-15-22)26-17-24-23-10-6-5-9-20(23)11-16-25(24)28/h2-17,28H,18H2,1H3. The number of fused-ring (bicyclic) bond motifs is 1. The summed E-state index contributed by atoms with van der Waals surface area (Å²) in [6.45, 7) is 0.295. The van der Waals surface area contributed by atoms with Crippen molar-refractivity contribution in [1.29, 1.82) is 0 Å². The van der Waals surface area contributed by atoms with Crippen molar-refractivity contribution >= 4 is 32.7 Å². The Hall–Kier alpha value is -3.48. The van der Waals surface area contributed by atoms with E-state index in [1.165, 1.54) is 4.31 Å². The Labute approximate surface area is 182 Å². The zero-order valence-electron chi connectivity index (χ0n) is 17.0. The summed E-state index contributed by atoms with van der Waals surface area (Å²) in [5.74, 6) is 0.143. The largest absolute Gasteiger partial charge is 0.507 e. The van der Waals surface area contributed by atoms with Gasteiger partial charge in [-0.3, -0.25) is 4.99 Å². The highest BCUT2D eigenvalue weighted by Gasteiger charge is 2.20. The van der Waals surface area contributed by atoms with Crippen LogP contribution in [0.3, 0.4) is 0 Å². The van der Waals surface area contributed by atoms with Crippen molar-refractivity contribution in [1.82, 2.24) is 4.31 Å². The lowest BCUT2D eigenvalue weighted by Gasteiger charge is -2.17. The number of phenols is 1. The second-order valence-electron chi connectivity index (χ2n) is 7.22. The molecule has 0 aliphatic rings. The third-order valence-corrected chi connectivity index (χ3v) is 6.90. The van der Waals surface area contributed by atoms with Crippen LogP contribution in [0.25, 0.3) is 10.8 Å². The maximum Gasteiger partial charge on any atom is 0.243 e. The molecule has 156 valence electrons. The number of benzene rings is 4. The highest BCUT2D eigenvalue weighted by molar-refractivity contribution is 7.89. The molecule has 1 N–H and O–H groups in total. The molecule has 0 atom stereocenters. The van der Waals surface area contributed by atoms with Crippen LogP contribution in [-0.4, -0.2) is 31.1 Å². The number of aliphatic imine (C=N–C) groups is 1. The van der Waals surface area contributed by atoms with E-state index < -0.39 is 10.0 Å². The Morgan fingerprint density at radius 3 is 2.29 bits per heavy atom. The summed E-state index contributed by atoms with van der Waals surface area (Å²) in [6.07, 6.45) is 1.60. The van der Waals surface area contributed by atoms with Crippen LogP contribution in [0, 0.1) is 0 Å². The minimum atomic E-state index is -3.62. The van der Waals surface area contributed by atoms with Gasteiger partial charge in [-0.1, -0.05) is 60.7 Å². The molecule has 0 aliphatic carbocycles. The van der Waals surface area contributed by atoms with E-state index in [0.29, 0.717) is 17.8 Å². The van der Waals surface area contributed by atoms with Gasteiger partial charge in [0.15, 0.2) is 0 Å². The second-order valence-corrected chi connectivity index (χ2v) is 9.26. The van der Waals surface area contributed by atoms with E-state index in [4.69, 9.17) is 0 Å². The molecule has 0 aromatic heterocycles. The molecule has 0 heterocycles. The quantitative estimate of drug-likeness (QED) is 0.432. The van der Waals surface area contributed by atoms with Gasteiger partial charge in [0.2, 0.25) is 10.0 Å². The highest BCUT2D eigenvalue weighted by Crippen LogP contribution is 2.27. The Balaban J connectivity index is 1.55. The molecule has 0 radical (unpaired) electrons. The summed E-state index contributed by atoms with van der Waals surface area (Å²) in [6, 6.07) is 27.1. The van der Waals surface area contributed by atoms with Crippen molar-refractivity contribution in [2.75, 3.05) is 7.05 Å². The third-order valence-electron chi connectivity index (χ3n) is 5.08. The first-order chi connectivity index (χ1) is 14.9. The first-order valence-electron chi connectivity index (χ1n) is 9.80. The average Bonchev–Trinajstić information content (AvgIpc) is 2.79. The number of hydrogen-bond donors (Lipinski definition) is 1. The Morgan fingerprint density at radius 2 is 1.55 bits per heavy atom. The Morgan fingerprint density at radius 1 is 0.871 bits per heavy atom. The van der Waals surface area contributed by atoms with Gasteiger partial charge in [0.25, 0.3) is 0 Å². The molecule has 0 bridgehead atoms. The van der Waals surface area contributed by atoms with Crippen molar-refractivity contribution in [3.63, 3.8) is 0 Å². The zero-order valence-corrected chi connectivity index (χ0v) is 17.8. The number of rotatable bonds is 6. The first kappa shape index (κ1) is 20.8. The monoisotopic (exact) mass is 430 g/mol. The van der Waals surface area contributed by atoms with Gasteiger partial charge in [0.1, 0.15) is 5.75 Å². The molecule has 5 nitrogen and oxygen atoms in total. The van der Waals surface area contributed by atoms with Crippen molar-refractivity contribution in [3.8, 4) is 5.75 Å². The maximum atomic E-state index is 12.9. The minimum Gasteiger partial charge on any atom is -0.507 e. The van der Waals surface area contributed by atoms with Crippen molar-refractivity contribution < 1.29 is 13.5 Å². The Bertz CT molecular complexity index is 1330. The van der Waals surface area contributed by atoms with E-state index in [9.17, 15) is 13.5 Å². The van der Waals surface area contributed by atoms with E-state index in [0.717, 1.165) is 16.3 Å². The van der Waals surface area contributed by atoms with Crippen LogP contribution in [0.4, 0.5) is 5.69 Å². The van der Waals surface area contributed by atoms with Gasteiger partial charge in [0.05, 0.1) is 10.6 Å². The summed E-state index contributed by atoms with van der Waals surface area (Å²) < 4.78 is 27.1. The van der Waals surface area contributed by atoms with Gasteiger partial charge in [-0.25, -0.2) is 8.42 Å². The summed E-state index contributed by atoms with van der Waals surface area (Å²) >= 11 is 0. The first-order valence-corrected chi connectivity index (χ1v) is 11.2. The predicted molar refractivity (Wildman–Crippen MR) is 124 cm³/mol. The fourth-order valence-corrected chi connectivity index (χ4v) is 4.53. The molecule has 0 aliphatic heterocycles. The number of aromatic hydroxyl groups is 1. The van der Waals surface area contributed by atoms with Gasteiger partial charge in [0, 0.05) is 25.4 Å². The van der Waals surface area contributed by atoms with Crippen molar-refractivity contribution in [2.45, 2.75) is 11.4 Å². The highest BCUT2D eigenvalue weighted by atomic mass is 32.2. The van der Waals surface area contributed by atoms with E-state index in [1.54, 1.807) is 43.6 Å². The molecule has 0 spiro atoms. The lowest BCUT2D eigenvalue weighted by molar-refractivity contribution is 0.466. The van der Waals surface area contributed by atoms with Crippen molar-refractivity contribution in [3.05, 3.63) is 102 Å². The van der Waals surface area contributed by atoms with Crippen LogP contribution in [0.2, 0.25) is 0 Å². The Kier molecular flexibility index (Phi) is 5.84. The zero-order chi connectivity index (χ0) is 21.8. The SMILES string of the molecule is CN(Cc1ccccc1)S(=O)(=O)c1ccc(N=Cc2c(O)ccc3ccccc23)cc1. The molecule has 31 heavy (non-hydrogen) atoms. The topological polar surface area (TPSA) is 70.0 Å². The molecule has 4 rings (SSSR count). The molecule has 4 aromatic carbocycles. The number of phenolic OH excluding ortho intramolecular Hbond substituents is 1. The number of sulfonamides is 1. The average molecular weight is 431 g/mol. The molecule has 4 aromatic rings. The summed E-state index contributed by atoms with van der Waals surface area (Å²) in [5.41, 5.74) is 2.14. The molecular formula is C25H22N2O3S. The lowest BCUT2D eigenvalue weighted by atomic mass is 10.0. The van der Waals surface area contributed by atoms with E-state index in [1.807, 2.05) is 60.7 Å². The van der Waals surface area contributed by atoms with Gasteiger partial charge < -0.3 is 5.11 Å². The smallest absolute Gasteiger partial charge is 0.243 e. The van der Waals surface area contributed by atoms with Crippen molar-refractivity contribution in [2.24, 2.45) is 4.99 Å². The fraction of sp³-hybridized carbons (Fsp3) is 0.0800. The molecule has 0 fully saturated rings. The van der Waals surface area contributed by atoms with Crippen LogP contribution >= 0.6 is 0 Å². The van der Waals surface area contributed by atoms with Gasteiger partial charge >= 0.3 is 0 Å². The lowest BCUT2D eigenvalue weighted by Crippen LogP contribution is -2.26. The number of hydrogen-bond acceptors (Lipinski definition) is 4. The molecule has 6 heteroatoms. The van der Waals surface area contributed by atoms with E-state index >= 15 is 0 Å². The molecule has 0 unspecified atom stereocenters. The summed E-state index contributed by atoms with van der Waals surface area (Å²) in [5, 5.41) is 12.1. The summed E-state index contributed by atoms with van der Waals surface area (Å²) in [4.78, 5) is 4.64. The minimum absolute atomic E-state index is 0.143.